The predicted octanol–water partition coefficient (Wildman–Crippen LogP) is 0.699. The second-order valence-corrected chi connectivity index (χ2v) is 5.70. The maximum absolute atomic E-state index is 12.0. The van der Waals surface area contributed by atoms with Crippen LogP contribution >= 0.6 is 0 Å². The van der Waals surface area contributed by atoms with E-state index in [0.29, 0.717) is 6.54 Å². The van der Waals surface area contributed by atoms with Gasteiger partial charge < -0.3 is 10.6 Å². The highest BCUT2D eigenvalue weighted by molar-refractivity contribution is 7.89. The molecule has 20 heavy (non-hydrogen) atoms. The molecule has 0 aliphatic heterocycles. The molecule has 110 valence electrons. The van der Waals surface area contributed by atoms with Crippen molar-refractivity contribution < 1.29 is 13.2 Å². The topological polar surface area (TPSA) is 87.3 Å². The quantitative estimate of drug-likeness (QED) is 0.487. The number of anilines is 1. The summed E-state index contributed by atoms with van der Waals surface area (Å²) in [6.45, 7) is 6.09. The minimum absolute atomic E-state index is 0.0546. The van der Waals surface area contributed by atoms with Gasteiger partial charge in [-0.2, -0.15) is 0 Å². The van der Waals surface area contributed by atoms with Crippen LogP contribution in [0, 0.1) is 0 Å². The second kappa shape index (κ2) is 7.78. The Hall–Kier alpha value is -1.70. The van der Waals surface area contributed by atoms with Crippen molar-refractivity contribution >= 4 is 21.6 Å². The van der Waals surface area contributed by atoms with Gasteiger partial charge in [0.2, 0.25) is 15.9 Å². The molecule has 1 amide bonds. The van der Waals surface area contributed by atoms with Gasteiger partial charge in [-0.1, -0.05) is 25.1 Å². The lowest BCUT2D eigenvalue weighted by Crippen LogP contribution is -2.29. The normalized spacial score (nSPS) is 11.1. The van der Waals surface area contributed by atoms with Gasteiger partial charge in [0, 0.05) is 13.1 Å². The molecule has 7 heteroatoms. The maximum Gasteiger partial charge on any atom is 0.242 e. The van der Waals surface area contributed by atoms with E-state index in [1.807, 2.05) is 0 Å². The Bertz CT molecular complexity index is 570. The zero-order valence-electron chi connectivity index (χ0n) is 11.3. The number of sulfonamides is 1. The Morgan fingerprint density at radius 2 is 2.05 bits per heavy atom. The number of amides is 1. The summed E-state index contributed by atoms with van der Waals surface area (Å²) >= 11 is 0. The first-order valence-corrected chi connectivity index (χ1v) is 7.69. The van der Waals surface area contributed by atoms with Crippen molar-refractivity contribution in [3.05, 3.63) is 36.9 Å². The number of carbonyl (C=O) groups is 1. The first-order valence-electron chi connectivity index (χ1n) is 6.21. The highest BCUT2D eigenvalue weighted by Gasteiger charge is 2.18. The molecule has 1 aromatic rings. The standard InChI is InChI=1S/C13H19N3O3S/c1-3-9-14-10-13(17)16-11-7-5-6-8-12(11)20(18,19)15-4-2/h3,5-8,14-15H,1,4,9-10H2,2H3,(H,16,17). The molecule has 0 unspecified atom stereocenters. The molecule has 0 saturated heterocycles. The summed E-state index contributed by atoms with van der Waals surface area (Å²) in [6.07, 6.45) is 1.64. The van der Waals surface area contributed by atoms with Crippen molar-refractivity contribution in [3.63, 3.8) is 0 Å². The van der Waals surface area contributed by atoms with E-state index in [4.69, 9.17) is 0 Å². The first-order chi connectivity index (χ1) is 9.51. The summed E-state index contributed by atoms with van der Waals surface area (Å²) in [6, 6.07) is 6.27. The SMILES string of the molecule is C=CCNCC(=O)Nc1ccccc1S(=O)(=O)NCC. The zero-order valence-corrected chi connectivity index (χ0v) is 12.2. The van der Waals surface area contributed by atoms with E-state index in [1.54, 1.807) is 31.2 Å². The fourth-order valence-electron chi connectivity index (χ4n) is 1.55. The van der Waals surface area contributed by atoms with E-state index in [0.717, 1.165) is 0 Å². The Balaban J connectivity index is 2.86. The Kier molecular flexibility index (Phi) is 6.37. The van der Waals surface area contributed by atoms with Crippen molar-refractivity contribution in [2.24, 2.45) is 0 Å². The Morgan fingerprint density at radius 1 is 1.35 bits per heavy atom. The number of hydrogen-bond acceptors (Lipinski definition) is 4. The van der Waals surface area contributed by atoms with Crippen LogP contribution in [0.3, 0.4) is 0 Å². The molecule has 1 aromatic carbocycles. The molecule has 3 N–H and O–H groups in total. The monoisotopic (exact) mass is 297 g/mol. The van der Waals surface area contributed by atoms with Crippen LogP contribution in [0.25, 0.3) is 0 Å². The molecule has 0 aliphatic carbocycles. The minimum Gasteiger partial charge on any atom is -0.324 e. The average molecular weight is 297 g/mol. The molecule has 0 heterocycles. The lowest BCUT2D eigenvalue weighted by molar-refractivity contribution is -0.115. The number of carbonyl (C=O) groups excluding carboxylic acids is 1. The largest absolute Gasteiger partial charge is 0.324 e. The molecule has 0 saturated carbocycles. The van der Waals surface area contributed by atoms with Crippen molar-refractivity contribution in [2.45, 2.75) is 11.8 Å². The van der Waals surface area contributed by atoms with Gasteiger partial charge in [0.25, 0.3) is 0 Å². The van der Waals surface area contributed by atoms with E-state index in [1.165, 1.54) is 6.07 Å². The lowest BCUT2D eigenvalue weighted by atomic mass is 10.3. The fraction of sp³-hybridized carbons (Fsp3) is 0.308. The number of para-hydroxylation sites is 1. The van der Waals surface area contributed by atoms with E-state index >= 15 is 0 Å². The summed E-state index contributed by atoms with van der Waals surface area (Å²) in [7, 11) is -3.61. The maximum atomic E-state index is 12.0. The first kappa shape index (κ1) is 16.4. The highest BCUT2D eigenvalue weighted by atomic mass is 32.2. The number of rotatable bonds is 8. The van der Waals surface area contributed by atoms with Gasteiger partial charge in [-0.05, 0) is 12.1 Å². The van der Waals surface area contributed by atoms with E-state index in [-0.39, 0.29) is 29.6 Å². The third kappa shape index (κ3) is 4.76. The van der Waals surface area contributed by atoms with Crippen molar-refractivity contribution in [1.29, 1.82) is 0 Å². The van der Waals surface area contributed by atoms with Crippen LogP contribution in [0.1, 0.15) is 6.92 Å². The Morgan fingerprint density at radius 3 is 2.70 bits per heavy atom. The lowest BCUT2D eigenvalue weighted by Gasteiger charge is -2.11. The van der Waals surface area contributed by atoms with Crippen LogP contribution in [0.4, 0.5) is 5.69 Å². The molecule has 0 aromatic heterocycles. The van der Waals surface area contributed by atoms with Crippen LogP contribution < -0.4 is 15.4 Å². The molecule has 0 spiro atoms. The summed E-state index contributed by atoms with van der Waals surface area (Å²) in [4.78, 5) is 11.8. The van der Waals surface area contributed by atoms with Crippen molar-refractivity contribution in [3.8, 4) is 0 Å². The molecular weight excluding hydrogens is 278 g/mol. The Labute approximate surface area is 119 Å². The molecule has 0 bridgehead atoms. The van der Waals surface area contributed by atoms with Gasteiger partial charge in [-0.15, -0.1) is 6.58 Å². The summed E-state index contributed by atoms with van der Waals surface area (Å²) in [5, 5.41) is 5.42. The second-order valence-electron chi connectivity index (χ2n) is 3.97. The number of benzene rings is 1. The summed E-state index contributed by atoms with van der Waals surface area (Å²) in [5.74, 6) is -0.314. The molecule has 0 fully saturated rings. The van der Waals surface area contributed by atoms with Crippen LogP contribution in [0.5, 0.6) is 0 Å². The summed E-state index contributed by atoms with van der Waals surface area (Å²) < 4.78 is 26.4. The van der Waals surface area contributed by atoms with Crippen LogP contribution in [-0.2, 0) is 14.8 Å². The molecule has 0 atom stereocenters. The van der Waals surface area contributed by atoms with E-state index in [9.17, 15) is 13.2 Å². The van der Waals surface area contributed by atoms with Gasteiger partial charge in [-0.25, -0.2) is 13.1 Å². The zero-order chi connectivity index (χ0) is 15.0. The van der Waals surface area contributed by atoms with E-state index in [2.05, 4.69) is 21.9 Å². The van der Waals surface area contributed by atoms with Crippen molar-refractivity contribution in [1.82, 2.24) is 10.0 Å². The van der Waals surface area contributed by atoms with Gasteiger partial charge in [0.1, 0.15) is 4.90 Å². The fourth-order valence-corrected chi connectivity index (χ4v) is 2.76. The average Bonchev–Trinajstić information content (AvgIpc) is 2.39. The minimum atomic E-state index is -3.61. The third-order valence-corrected chi connectivity index (χ3v) is 3.96. The smallest absolute Gasteiger partial charge is 0.242 e. The third-order valence-electron chi connectivity index (χ3n) is 2.36. The molecular formula is C13H19N3O3S. The number of nitrogens with one attached hydrogen (secondary N) is 3. The van der Waals surface area contributed by atoms with Gasteiger partial charge in [0.15, 0.2) is 0 Å². The highest BCUT2D eigenvalue weighted by Crippen LogP contribution is 2.20. The summed E-state index contributed by atoms with van der Waals surface area (Å²) in [5.41, 5.74) is 0.263. The molecule has 6 nitrogen and oxygen atoms in total. The van der Waals surface area contributed by atoms with E-state index < -0.39 is 10.0 Å². The van der Waals surface area contributed by atoms with Gasteiger partial charge >= 0.3 is 0 Å². The molecule has 0 radical (unpaired) electrons. The van der Waals surface area contributed by atoms with Gasteiger partial charge in [0.05, 0.1) is 12.2 Å². The molecule has 1 rings (SSSR count). The predicted molar refractivity (Wildman–Crippen MR) is 79.0 cm³/mol. The van der Waals surface area contributed by atoms with Crippen molar-refractivity contribution in [2.75, 3.05) is 25.0 Å². The van der Waals surface area contributed by atoms with Gasteiger partial charge in [-0.3, -0.25) is 4.79 Å². The molecule has 0 aliphatic rings. The van der Waals surface area contributed by atoms with Crippen LogP contribution in [-0.4, -0.2) is 34.0 Å². The van der Waals surface area contributed by atoms with Crippen LogP contribution in [0.15, 0.2) is 41.8 Å². The van der Waals surface area contributed by atoms with Crippen LogP contribution in [0.2, 0.25) is 0 Å². The number of hydrogen-bond donors (Lipinski definition) is 3.